The third-order valence-electron chi connectivity index (χ3n) is 4.52. The van der Waals surface area contributed by atoms with Crippen LogP contribution in [0.4, 0.5) is 4.79 Å². The minimum absolute atomic E-state index is 0.116. The fourth-order valence-corrected chi connectivity index (χ4v) is 2.67. The number of aliphatic hydroxyl groups excluding tert-OH is 1. The first-order valence-electron chi connectivity index (χ1n) is 7.47. The van der Waals surface area contributed by atoms with Crippen molar-refractivity contribution >= 4 is 17.8 Å². The summed E-state index contributed by atoms with van der Waals surface area (Å²) in [5.41, 5.74) is -0.921. The van der Waals surface area contributed by atoms with E-state index < -0.39 is 11.6 Å². The number of amides is 4. The predicted octanol–water partition coefficient (Wildman–Crippen LogP) is 0.0803. The van der Waals surface area contributed by atoms with Crippen LogP contribution in [-0.4, -0.2) is 64.0 Å². The van der Waals surface area contributed by atoms with Crippen LogP contribution >= 0.6 is 0 Å². The highest BCUT2D eigenvalue weighted by molar-refractivity contribution is 6.08. The molecule has 2 rings (SSSR count). The third kappa shape index (κ3) is 2.88. The van der Waals surface area contributed by atoms with Crippen molar-refractivity contribution in [1.82, 2.24) is 15.1 Å². The van der Waals surface area contributed by atoms with Gasteiger partial charge in [0.05, 0.1) is 6.61 Å². The van der Waals surface area contributed by atoms with E-state index in [1.807, 2.05) is 6.92 Å². The van der Waals surface area contributed by atoms with Crippen LogP contribution in [0.25, 0.3) is 0 Å². The molecule has 0 aromatic rings. The number of imide groups is 1. The van der Waals surface area contributed by atoms with Gasteiger partial charge in [0, 0.05) is 12.6 Å². The van der Waals surface area contributed by atoms with Crippen LogP contribution in [-0.2, 0) is 9.59 Å². The highest BCUT2D eigenvalue weighted by Crippen LogP contribution is 2.26. The molecule has 0 radical (unpaired) electrons. The molecule has 1 aliphatic carbocycles. The van der Waals surface area contributed by atoms with E-state index >= 15 is 0 Å². The topological polar surface area (TPSA) is 90.0 Å². The number of nitrogens with one attached hydrogen (secondary N) is 1. The summed E-state index contributed by atoms with van der Waals surface area (Å²) >= 11 is 0. The molecule has 2 aliphatic rings. The van der Waals surface area contributed by atoms with Crippen molar-refractivity contribution in [2.75, 3.05) is 19.7 Å². The lowest BCUT2D eigenvalue weighted by Gasteiger charge is -2.37. The number of urea groups is 1. The van der Waals surface area contributed by atoms with Crippen molar-refractivity contribution in [2.24, 2.45) is 0 Å². The molecule has 1 unspecified atom stereocenters. The molecule has 0 spiro atoms. The first kappa shape index (κ1) is 15.8. The summed E-state index contributed by atoms with van der Waals surface area (Å²) in [4.78, 5) is 39.1. The maximum atomic E-state index is 12.4. The Morgan fingerprint density at radius 1 is 1.48 bits per heavy atom. The molecule has 1 heterocycles. The first-order chi connectivity index (χ1) is 9.92. The quantitative estimate of drug-likeness (QED) is 0.679. The average molecular weight is 297 g/mol. The van der Waals surface area contributed by atoms with E-state index in [4.69, 9.17) is 5.11 Å². The number of carbonyl (C=O) groups excluding carboxylic acids is 3. The molecule has 0 bridgehead atoms. The molecule has 7 heteroatoms. The summed E-state index contributed by atoms with van der Waals surface area (Å²) in [6.07, 6.45) is 3.37. The van der Waals surface area contributed by atoms with E-state index in [0.29, 0.717) is 6.42 Å². The van der Waals surface area contributed by atoms with Crippen molar-refractivity contribution in [1.29, 1.82) is 0 Å². The summed E-state index contributed by atoms with van der Waals surface area (Å²) < 4.78 is 0. The lowest BCUT2D eigenvalue weighted by molar-refractivity contribution is -0.141. The van der Waals surface area contributed by atoms with Gasteiger partial charge in [-0.2, -0.15) is 0 Å². The van der Waals surface area contributed by atoms with E-state index in [2.05, 4.69) is 5.32 Å². The molecule has 7 nitrogen and oxygen atoms in total. The molecule has 0 aromatic carbocycles. The Morgan fingerprint density at radius 3 is 2.57 bits per heavy atom. The molecular formula is C14H23N3O4. The lowest BCUT2D eigenvalue weighted by atomic mass is 9.91. The smallest absolute Gasteiger partial charge is 0.325 e. The van der Waals surface area contributed by atoms with Crippen LogP contribution in [0, 0.1) is 0 Å². The Labute approximate surface area is 124 Å². The Hall–Kier alpha value is -1.63. The zero-order valence-electron chi connectivity index (χ0n) is 12.6. The fourth-order valence-electron chi connectivity index (χ4n) is 2.67. The van der Waals surface area contributed by atoms with Crippen LogP contribution in [0.1, 0.15) is 39.5 Å². The third-order valence-corrected chi connectivity index (χ3v) is 4.52. The maximum Gasteiger partial charge on any atom is 0.325 e. The normalized spacial score (nSPS) is 25.8. The van der Waals surface area contributed by atoms with Gasteiger partial charge in [-0.3, -0.25) is 14.5 Å². The summed E-state index contributed by atoms with van der Waals surface area (Å²) in [5.74, 6) is -0.640. The molecule has 1 saturated carbocycles. The van der Waals surface area contributed by atoms with Gasteiger partial charge >= 0.3 is 6.03 Å². The van der Waals surface area contributed by atoms with Crippen molar-refractivity contribution in [3.8, 4) is 0 Å². The van der Waals surface area contributed by atoms with Crippen molar-refractivity contribution < 1.29 is 19.5 Å². The second kappa shape index (κ2) is 6.01. The molecule has 118 valence electrons. The van der Waals surface area contributed by atoms with Crippen LogP contribution in [0.3, 0.4) is 0 Å². The molecular weight excluding hydrogens is 274 g/mol. The maximum absolute atomic E-state index is 12.4. The van der Waals surface area contributed by atoms with Crippen molar-refractivity contribution in [2.45, 2.75) is 51.1 Å². The highest BCUT2D eigenvalue weighted by atomic mass is 16.3. The van der Waals surface area contributed by atoms with Crippen molar-refractivity contribution in [3.63, 3.8) is 0 Å². The van der Waals surface area contributed by atoms with Gasteiger partial charge in [0.1, 0.15) is 12.1 Å². The second-order valence-electron chi connectivity index (χ2n) is 5.90. The van der Waals surface area contributed by atoms with Gasteiger partial charge in [0.25, 0.3) is 5.91 Å². The highest BCUT2D eigenvalue weighted by Gasteiger charge is 2.47. The largest absolute Gasteiger partial charge is 0.395 e. The minimum atomic E-state index is -0.921. The molecule has 2 fully saturated rings. The number of aliphatic hydroxyl groups is 1. The first-order valence-corrected chi connectivity index (χ1v) is 7.47. The summed E-state index contributed by atoms with van der Waals surface area (Å²) in [6, 6.07) is -0.391. The molecule has 4 amide bonds. The predicted molar refractivity (Wildman–Crippen MR) is 75.4 cm³/mol. The monoisotopic (exact) mass is 297 g/mol. The lowest BCUT2D eigenvalue weighted by Crippen LogP contribution is -2.51. The Balaban J connectivity index is 2.04. The Kier molecular flexibility index (Phi) is 4.51. The molecule has 1 aliphatic heterocycles. The molecule has 1 atom stereocenters. The average Bonchev–Trinajstić information content (AvgIpc) is 2.60. The molecule has 21 heavy (non-hydrogen) atoms. The van der Waals surface area contributed by atoms with E-state index in [1.165, 1.54) is 0 Å². The van der Waals surface area contributed by atoms with E-state index in [0.717, 1.165) is 24.2 Å². The van der Waals surface area contributed by atoms with Gasteiger partial charge in [-0.1, -0.05) is 6.92 Å². The number of rotatable bonds is 6. The van der Waals surface area contributed by atoms with Crippen LogP contribution in [0.2, 0.25) is 0 Å². The summed E-state index contributed by atoms with van der Waals surface area (Å²) in [6.45, 7) is 3.36. The van der Waals surface area contributed by atoms with E-state index in [-0.39, 0.29) is 37.6 Å². The summed E-state index contributed by atoms with van der Waals surface area (Å²) in [5, 5.41) is 11.7. The number of hydrogen-bond donors (Lipinski definition) is 2. The van der Waals surface area contributed by atoms with Crippen LogP contribution in [0.15, 0.2) is 0 Å². The standard InChI is InChI=1S/C14H23N3O4/c1-3-14(2)12(20)17(13(21)15-14)9-11(19)16(7-8-18)10-5-4-6-10/h10,18H,3-9H2,1-2H3,(H,15,21). The fraction of sp³-hybridized carbons (Fsp3) is 0.786. The van der Waals surface area contributed by atoms with Gasteiger partial charge < -0.3 is 15.3 Å². The second-order valence-corrected chi connectivity index (χ2v) is 5.90. The summed E-state index contributed by atoms with van der Waals surface area (Å²) in [7, 11) is 0. The van der Waals surface area contributed by atoms with Gasteiger partial charge in [-0.15, -0.1) is 0 Å². The van der Waals surface area contributed by atoms with Crippen LogP contribution in [0.5, 0.6) is 0 Å². The minimum Gasteiger partial charge on any atom is -0.395 e. The molecule has 2 N–H and O–H groups in total. The van der Waals surface area contributed by atoms with E-state index in [1.54, 1.807) is 11.8 Å². The number of carbonyl (C=O) groups is 3. The van der Waals surface area contributed by atoms with Crippen molar-refractivity contribution in [3.05, 3.63) is 0 Å². The van der Waals surface area contributed by atoms with E-state index in [9.17, 15) is 14.4 Å². The SMILES string of the molecule is CCC1(C)NC(=O)N(CC(=O)N(CCO)C2CCC2)C1=O. The zero-order chi connectivity index (χ0) is 15.6. The Bertz CT molecular complexity index is 450. The van der Waals surface area contributed by atoms with Gasteiger partial charge in [-0.25, -0.2) is 4.79 Å². The zero-order valence-corrected chi connectivity index (χ0v) is 12.6. The molecule has 1 saturated heterocycles. The molecule has 0 aromatic heterocycles. The Morgan fingerprint density at radius 2 is 2.14 bits per heavy atom. The van der Waals surface area contributed by atoms with Gasteiger partial charge in [0.15, 0.2) is 0 Å². The van der Waals surface area contributed by atoms with Gasteiger partial charge in [-0.05, 0) is 32.6 Å². The number of nitrogens with zero attached hydrogens (tertiary/aromatic N) is 2. The van der Waals surface area contributed by atoms with Crippen LogP contribution < -0.4 is 5.32 Å². The van der Waals surface area contributed by atoms with Gasteiger partial charge in [0.2, 0.25) is 5.91 Å². The number of hydrogen-bond acceptors (Lipinski definition) is 4.